The number of carbonyl (C=O) groups is 2. The Bertz CT molecular complexity index is 447. The molecule has 96 valence electrons. The number of pyridine rings is 1. The second-order valence-electron chi connectivity index (χ2n) is 4.86. The number of hydrogen-bond donors (Lipinski definition) is 2. The number of aromatic nitrogens is 1. The Kier molecular flexibility index (Phi) is 3.60. The molecule has 3 atom stereocenters. The van der Waals surface area contributed by atoms with Crippen LogP contribution in [0, 0.1) is 17.8 Å². The van der Waals surface area contributed by atoms with Gasteiger partial charge in [-0.25, -0.2) is 0 Å². The zero-order valence-corrected chi connectivity index (χ0v) is 10.2. The summed E-state index contributed by atoms with van der Waals surface area (Å²) in [6, 6.07) is 3.46. The molecule has 0 aromatic carbocycles. The molecule has 1 amide bonds. The van der Waals surface area contributed by atoms with Crippen LogP contribution in [0.2, 0.25) is 0 Å². The lowest BCUT2D eigenvalue weighted by Crippen LogP contribution is -2.30. The molecule has 1 saturated carbocycles. The van der Waals surface area contributed by atoms with Crippen LogP contribution in [-0.4, -0.2) is 22.0 Å². The number of aliphatic carboxylic acids is 1. The highest BCUT2D eigenvalue weighted by atomic mass is 16.4. The fourth-order valence-electron chi connectivity index (χ4n) is 2.53. The lowest BCUT2D eigenvalue weighted by atomic mass is 9.95. The molecule has 2 rings (SSSR count). The van der Waals surface area contributed by atoms with Crippen molar-refractivity contribution in [3.8, 4) is 0 Å². The van der Waals surface area contributed by atoms with Gasteiger partial charge in [0.05, 0.1) is 23.7 Å². The summed E-state index contributed by atoms with van der Waals surface area (Å²) >= 11 is 0. The summed E-state index contributed by atoms with van der Waals surface area (Å²) in [5, 5.41) is 11.8. The van der Waals surface area contributed by atoms with Gasteiger partial charge in [0, 0.05) is 6.20 Å². The van der Waals surface area contributed by atoms with Crippen molar-refractivity contribution >= 4 is 17.6 Å². The summed E-state index contributed by atoms with van der Waals surface area (Å²) in [7, 11) is 0. The smallest absolute Gasteiger partial charge is 0.307 e. The summed E-state index contributed by atoms with van der Waals surface area (Å²) < 4.78 is 0. The van der Waals surface area contributed by atoms with Crippen molar-refractivity contribution in [3.05, 3.63) is 24.5 Å². The minimum absolute atomic E-state index is 0.222. The molecule has 2 N–H and O–H groups in total. The van der Waals surface area contributed by atoms with Crippen molar-refractivity contribution in [2.75, 3.05) is 5.32 Å². The van der Waals surface area contributed by atoms with Crippen LogP contribution in [0.25, 0.3) is 0 Å². The monoisotopic (exact) mass is 248 g/mol. The first kappa shape index (κ1) is 12.5. The van der Waals surface area contributed by atoms with Crippen LogP contribution in [0.15, 0.2) is 24.5 Å². The van der Waals surface area contributed by atoms with Gasteiger partial charge in [0.15, 0.2) is 0 Å². The van der Waals surface area contributed by atoms with E-state index in [0.29, 0.717) is 18.5 Å². The maximum absolute atomic E-state index is 12.1. The van der Waals surface area contributed by atoms with Crippen molar-refractivity contribution < 1.29 is 14.7 Å². The van der Waals surface area contributed by atoms with E-state index >= 15 is 0 Å². The van der Waals surface area contributed by atoms with Crippen molar-refractivity contribution in [1.82, 2.24) is 4.98 Å². The first-order valence-corrected chi connectivity index (χ1v) is 6.01. The third-order valence-electron chi connectivity index (χ3n) is 3.38. The molecular formula is C13H16N2O3. The van der Waals surface area contributed by atoms with E-state index in [4.69, 9.17) is 5.11 Å². The van der Waals surface area contributed by atoms with Gasteiger partial charge in [-0.3, -0.25) is 14.6 Å². The first-order valence-electron chi connectivity index (χ1n) is 6.01. The second-order valence-corrected chi connectivity index (χ2v) is 4.86. The SMILES string of the molecule is CC1C[C@H](C(=O)Nc2cccnc2)[C@H](C(=O)O)C1. The Labute approximate surface area is 105 Å². The third-order valence-corrected chi connectivity index (χ3v) is 3.38. The van der Waals surface area contributed by atoms with Gasteiger partial charge in [-0.05, 0) is 30.9 Å². The van der Waals surface area contributed by atoms with Gasteiger partial charge in [-0.1, -0.05) is 6.92 Å². The molecule has 0 saturated heterocycles. The minimum Gasteiger partial charge on any atom is -0.481 e. The number of amides is 1. The normalized spacial score (nSPS) is 26.8. The van der Waals surface area contributed by atoms with Crippen molar-refractivity contribution in [1.29, 1.82) is 0 Å². The Morgan fingerprint density at radius 1 is 1.39 bits per heavy atom. The van der Waals surface area contributed by atoms with Gasteiger partial charge >= 0.3 is 5.97 Å². The summed E-state index contributed by atoms with van der Waals surface area (Å²) in [4.78, 5) is 27.1. The molecule has 0 radical (unpaired) electrons. The molecule has 1 fully saturated rings. The maximum Gasteiger partial charge on any atom is 0.307 e. The predicted molar refractivity (Wildman–Crippen MR) is 65.9 cm³/mol. The van der Waals surface area contributed by atoms with Crippen LogP contribution < -0.4 is 5.32 Å². The van der Waals surface area contributed by atoms with Crippen LogP contribution in [0.5, 0.6) is 0 Å². The zero-order valence-electron chi connectivity index (χ0n) is 10.2. The van der Waals surface area contributed by atoms with Crippen LogP contribution in [-0.2, 0) is 9.59 Å². The lowest BCUT2D eigenvalue weighted by molar-refractivity contribution is -0.145. The van der Waals surface area contributed by atoms with E-state index in [2.05, 4.69) is 10.3 Å². The van der Waals surface area contributed by atoms with Gasteiger partial charge in [-0.15, -0.1) is 0 Å². The molecule has 18 heavy (non-hydrogen) atoms. The number of carboxylic acids is 1. The molecule has 1 unspecified atom stereocenters. The van der Waals surface area contributed by atoms with E-state index in [0.717, 1.165) is 0 Å². The van der Waals surface area contributed by atoms with E-state index in [1.54, 1.807) is 24.5 Å². The van der Waals surface area contributed by atoms with Gasteiger partial charge in [0.2, 0.25) is 5.91 Å². The molecule has 1 aliphatic carbocycles. The molecule has 1 heterocycles. The van der Waals surface area contributed by atoms with Crippen LogP contribution >= 0.6 is 0 Å². The highest BCUT2D eigenvalue weighted by molar-refractivity contribution is 5.95. The van der Waals surface area contributed by atoms with Crippen molar-refractivity contribution in [2.45, 2.75) is 19.8 Å². The van der Waals surface area contributed by atoms with Crippen molar-refractivity contribution in [3.63, 3.8) is 0 Å². The largest absolute Gasteiger partial charge is 0.481 e. The fourth-order valence-corrected chi connectivity index (χ4v) is 2.53. The predicted octanol–water partition coefficient (Wildman–Crippen LogP) is 1.77. The number of carbonyl (C=O) groups excluding carboxylic acids is 1. The number of nitrogens with one attached hydrogen (secondary N) is 1. The number of hydrogen-bond acceptors (Lipinski definition) is 3. The Hall–Kier alpha value is -1.91. The van der Waals surface area contributed by atoms with Gasteiger partial charge in [0.25, 0.3) is 0 Å². The summed E-state index contributed by atoms with van der Waals surface area (Å²) in [5.41, 5.74) is 0.603. The minimum atomic E-state index is -0.884. The molecular weight excluding hydrogens is 232 g/mol. The van der Waals surface area contributed by atoms with Gasteiger partial charge in [-0.2, -0.15) is 0 Å². The number of rotatable bonds is 3. The molecule has 0 spiro atoms. The average molecular weight is 248 g/mol. The number of nitrogens with zero attached hydrogens (tertiary/aromatic N) is 1. The van der Waals surface area contributed by atoms with E-state index < -0.39 is 17.8 Å². The van der Waals surface area contributed by atoms with E-state index in [-0.39, 0.29) is 11.8 Å². The van der Waals surface area contributed by atoms with Crippen LogP contribution in [0.1, 0.15) is 19.8 Å². The Morgan fingerprint density at radius 2 is 2.11 bits per heavy atom. The molecule has 1 aliphatic rings. The maximum atomic E-state index is 12.1. The highest BCUT2D eigenvalue weighted by Crippen LogP contribution is 2.37. The quantitative estimate of drug-likeness (QED) is 0.854. The molecule has 1 aromatic heterocycles. The van der Waals surface area contributed by atoms with E-state index in [1.807, 2.05) is 6.92 Å². The second kappa shape index (κ2) is 5.16. The lowest BCUT2D eigenvalue weighted by Gasteiger charge is -2.15. The van der Waals surface area contributed by atoms with Gasteiger partial charge in [0.1, 0.15) is 0 Å². The van der Waals surface area contributed by atoms with E-state index in [9.17, 15) is 9.59 Å². The number of carboxylic acid groups (broad SMARTS) is 1. The molecule has 0 bridgehead atoms. The average Bonchev–Trinajstić information content (AvgIpc) is 2.73. The molecule has 5 heteroatoms. The fraction of sp³-hybridized carbons (Fsp3) is 0.462. The summed E-state index contributed by atoms with van der Waals surface area (Å²) in [6.07, 6.45) is 4.36. The number of anilines is 1. The summed E-state index contributed by atoms with van der Waals surface area (Å²) in [6.45, 7) is 1.98. The zero-order chi connectivity index (χ0) is 13.1. The van der Waals surface area contributed by atoms with Crippen LogP contribution in [0.3, 0.4) is 0 Å². The standard InChI is InChI=1S/C13H16N2O3/c1-8-5-10(11(6-8)13(17)18)12(16)15-9-3-2-4-14-7-9/h2-4,7-8,10-11H,5-6H2,1H3,(H,15,16)(H,17,18)/t8?,10-,11+/m0/s1. The molecule has 0 aliphatic heterocycles. The summed E-state index contributed by atoms with van der Waals surface area (Å²) in [5.74, 6) is -1.85. The topological polar surface area (TPSA) is 79.3 Å². The molecule has 1 aromatic rings. The Morgan fingerprint density at radius 3 is 2.72 bits per heavy atom. The van der Waals surface area contributed by atoms with E-state index in [1.165, 1.54) is 0 Å². The van der Waals surface area contributed by atoms with Gasteiger partial charge < -0.3 is 10.4 Å². The highest BCUT2D eigenvalue weighted by Gasteiger charge is 2.41. The van der Waals surface area contributed by atoms with Crippen molar-refractivity contribution in [2.24, 2.45) is 17.8 Å². The first-order chi connectivity index (χ1) is 8.58. The third kappa shape index (κ3) is 2.67. The van der Waals surface area contributed by atoms with Crippen LogP contribution in [0.4, 0.5) is 5.69 Å². The molecule has 5 nitrogen and oxygen atoms in total. The Balaban J connectivity index is 2.06.